The average Bonchev–Trinajstić information content (AvgIpc) is 3.11. The highest BCUT2D eigenvalue weighted by Crippen LogP contribution is 2.17. The zero-order chi connectivity index (χ0) is 18.5. The van der Waals surface area contributed by atoms with Crippen molar-refractivity contribution in [2.75, 3.05) is 18.4 Å². The molecule has 2 atom stereocenters. The summed E-state index contributed by atoms with van der Waals surface area (Å²) in [6.45, 7) is 0.955. The van der Waals surface area contributed by atoms with Crippen molar-refractivity contribution < 1.29 is 14.0 Å². The molecule has 2 aromatic carbocycles. The number of amides is 3. The fourth-order valence-corrected chi connectivity index (χ4v) is 2.96. The predicted molar refractivity (Wildman–Crippen MR) is 104 cm³/mol. The number of likely N-dealkylation sites (tertiary alicyclic amines) is 1. The minimum atomic E-state index is -0.706. The molecular formula is C19H22ClFN4O2. The summed E-state index contributed by atoms with van der Waals surface area (Å²) in [5.41, 5.74) is 7.33. The minimum Gasteiger partial charge on any atom is -0.339 e. The van der Waals surface area contributed by atoms with E-state index in [0.29, 0.717) is 25.2 Å². The number of hydrogen-bond donors (Lipinski definition) is 3. The van der Waals surface area contributed by atoms with Gasteiger partial charge in [-0.3, -0.25) is 4.79 Å². The normalized spacial score (nSPS) is 17.0. The van der Waals surface area contributed by atoms with Gasteiger partial charge in [-0.25, -0.2) is 9.18 Å². The number of carbonyl (C=O) groups is 2. The Morgan fingerprint density at radius 2 is 1.78 bits per heavy atom. The molecule has 3 amide bonds. The number of halogens is 2. The summed E-state index contributed by atoms with van der Waals surface area (Å²) in [6.07, 6.45) is 0.657. The molecule has 0 saturated carbocycles. The Kier molecular flexibility index (Phi) is 7.15. The summed E-state index contributed by atoms with van der Waals surface area (Å²) in [5, 5.41) is 5.47. The van der Waals surface area contributed by atoms with Gasteiger partial charge in [0.1, 0.15) is 11.9 Å². The molecule has 27 heavy (non-hydrogen) atoms. The van der Waals surface area contributed by atoms with Crippen LogP contribution in [0, 0.1) is 5.82 Å². The topological polar surface area (TPSA) is 87.5 Å². The van der Waals surface area contributed by atoms with Crippen molar-refractivity contribution in [1.29, 1.82) is 0 Å². The van der Waals surface area contributed by atoms with Gasteiger partial charge in [0.25, 0.3) is 0 Å². The van der Waals surface area contributed by atoms with Crippen molar-refractivity contribution in [2.24, 2.45) is 5.73 Å². The van der Waals surface area contributed by atoms with E-state index < -0.39 is 6.04 Å². The molecule has 0 aromatic heterocycles. The molecule has 0 radical (unpaired) electrons. The maximum absolute atomic E-state index is 12.9. The molecular weight excluding hydrogens is 371 g/mol. The Morgan fingerprint density at radius 1 is 1.11 bits per heavy atom. The van der Waals surface area contributed by atoms with E-state index in [1.54, 1.807) is 4.90 Å². The Balaban J connectivity index is 0.00000261. The van der Waals surface area contributed by atoms with Gasteiger partial charge in [-0.2, -0.15) is 0 Å². The Morgan fingerprint density at radius 3 is 2.44 bits per heavy atom. The lowest BCUT2D eigenvalue weighted by atomic mass is 10.1. The lowest BCUT2D eigenvalue weighted by molar-refractivity contribution is -0.131. The Labute approximate surface area is 163 Å². The van der Waals surface area contributed by atoms with Crippen molar-refractivity contribution in [1.82, 2.24) is 10.2 Å². The number of hydrogen-bond acceptors (Lipinski definition) is 3. The van der Waals surface area contributed by atoms with E-state index in [2.05, 4.69) is 10.6 Å². The highest BCUT2D eigenvalue weighted by Gasteiger charge is 2.30. The van der Waals surface area contributed by atoms with Gasteiger partial charge in [0, 0.05) is 24.8 Å². The molecule has 0 spiro atoms. The first kappa shape index (κ1) is 20.7. The van der Waals surface area contributed by atoms with E-state index in [9.17, 15) is 14.0 Å². The van der Waals surface area contributed by atoms with Crippen LogP contribution in [0.3, 0.4) is 0 Å². The SMILES string of the molecule is Cl.NC(C(=O)N1CCC(NC(=O)Nc2ccc(F)cc2)C1)c1ccccc1. The molecule has 1 fully saturated rings. The smallest absolute Gasteiger partial charge is 0.319 e. The molecule has 0 bridgehead atoms. The van der Waals surface area contributed by atoms with Crippen LogP contribution in [0.15, 0.2) is 54.6 Å². The van der Waals surface area contributed by atoms with Gasteiger partial charge in [0.2, 0.25) is 5.91 Å². The van der Waals surface area contributed by atoms with Gasteiger partial charge in [-0.05, 0) is 36.2 Å². The van der Waals surface area contributed by atoms with Gasteiger partial charge in [-0.15, -0.1) is 12.4 Å². The number of nitrogens with one attached hydrogen (secondary N) is 2. The summed E-state index contributed by atoms with van der Waals surface area (Å²) in [7, 11) is 0. The van der Waals surface area contributed by atoms with Gasteiger partial charge in [-0.1, -0.05) is 30.3 Å². The molecule has 6 nitrogen and oxygen atoms in total. The fraction of sp³-hybridized carbons (Fsp3) is 0.263. The van der Waals surface area contributed by atoms with Gasteiger partial charge in [0.15, 0.2) is 0 Å². The van der Waals surface area contributed by atoms with Crippen LogP contribution in [-0.4, -0.2) is 36.0 Å². The summed E-state index contributed by atoms with van der Waals surface area (Å²) in [5.74, 6) is -0.518. The maximum atomic E-state index is 12.9. The summed E-state index contributed by atoms with van der Waals surface area (Å²) < 4.78 is 12.9. The van der Waals surface area contributed by atoms with E-state index in [4.69, 9.17) is 5.73 Å². The zero-order valence-corrected chi connectivity index (χ0v) is 15.4. The number of carbonyl (C=O) groups excluding carboxylic acids is 2. The van der Waals surface area contributed by atoms with Crippen LogP contribution in [-0.2, 0) is 4.79 Å². The van der Waals surface area contributed by atoms with Crippen molar-refractivity contribution in [2.45, 2.75) is 18.5 Å². The van der Waals surface area contributed by atoms with Crippen molar-refractivity contribution in [3.05, 3.63) is 66.0 Å². The van der Waals surface area contributed by atoms with Gasteiger partial charge in [0.05, 0.1) is 0 Å². The standard InChI is InChI=1S/C19H21FN4O2.ClH/c20-14-6-8-15(9-7-14)22-19(26)23-16-10-11-24(12-16)18(25)17(21)13-4-2-1-3-5-13;/h1-9,16-17H,10-12,21H2,(H2,22,23,26);1H. The molecule has 8 heteroatoms. The number of rotatable bonds is 4. The molecule has 1 heterocycles. The number of benzene rings is 2. The summed E-state index contributed by atoms with van der Waals surface area (Å²) in [4.78, 5) is 26.2. The molecule has 1 saturated heterocycles. The maximum Gasteiger partial charge on any atom is 0.319 e. The number of urea groups is 1. The number of nitrogens with zero attached hydrogens (tertiary/aromatic N) is 1. The van der Waals surface area contributed by atoms with Crippen LogP contribution in [0.1, 0.15) is 18.0 Å². The molecule has 3 rings (SSSR count). The molecule has 2 aromatic rings. The first-order valence-electron chi connectivity index (χ1n) is 8.45. The second-order valence-corrected chi connectivity index (χ2v) is 6.26. The first-order valence-corrected chi connectivity index (χ1v) is 8.45. The largest absolute Gasteiger partial charge is 0.339 e. The van der Waals surface area contributed by atoms with Gasteiger partial charge < -0.3 is 21.3 Å². The van der Waals surface area contributed by atoms with Crippen LogP contribution < -0.4 is 16.4 Å². The lowest BCUT2D eigenvalue weighted by Crippen LogP contribution is -2.42. The molecule has 1 aliphatic heterocycles. The number of nitrogens with two attached hydrogens (primary N) is 1. The quantitative estimate of drug-likeness (QED) is 0.747. The second kappa shape index (κ2) is 9.34. The van der Waals surface area contributed by atoms with Crippen molar-refractivity contribution in [3.63, 3.8) is 0 Å². The van der Waals surface area contributed by atoms with Crippen LogP contribution in [0.4, 0.5) is 14.9 Å². The van der Waals surface area contributed by atoms with Crippen LogP contribution >= 0.6 is 12.4 Å². The third kappa shape index (κ3) is 5.42. The van der Waals surface area contributed by atoms with E-state index in [-0.39, 0.29) is 36.2 Å². The average molecular weight is 393 g/mol. The zero-order valence-electron chi connectivity index (χ0n) is 14.6. The van der Waals surface area contributed by atoms with Crippen molar-refractivity contribution in [3.8, 4) is 0 Å². The third-order valence-corrected chi connectivity index (χ3v) is 4.36. The minimum absolute atomic E-state index is 0. The first-order chi connectivity index (χ1) is 12.5. The van der Waals surface area contributed by atoms with E-state index in [1.165, 1.54) is 24.3 Å². The van der Waals surface area contributed by atoms with Crippen LogP contribution in [0.25, 0.3) is 0 Å². The van der Waals surface area contributed by atoms with E-state index in [0.717, 1.165) is 5.56 Å². The second-order valence-electron chi connectivity index (χ2n) is 6.26. The summed E-state index contributed by atoms with van der Waals surface area (Å²) >= 11 is 0. The Hall–Kier alpha value is -2.64. The Bertz CT molecular complexity index is 773. The molecule has 2 unspecified atom stereocenters. The molecule has 1 aliphatic rings. The third-order valence-electron chi connectivity index (χ3n) is 4.36. The molecule has 0 aliphatic carbocycles. The highest BCUT2D eigenvalue weighted by molar-refractivity contribution is 5.89. The molecule has 4 N–H and O–H groups in total. The summed E-state index contributed by atoms with van der Waals surface area (Å²) in [6, 6.07) is 13.5. The number of anilines is 1. The fourth-order valence-electron chi connectivity index (χ4n) is 2.96. The van der Waals surface area contributed by atoms with Crippen molar-refractivity contribution >= 4 is 30.0 Å². The van der Waals surface area contributed by atoms with Crippen LogP contribution in [0.5, 0.6) is 0 Å². The monoisotopic (exact) mass is 392 g/mol. The lowest BCUT2D eigenvalue weighted by Gasteiger charge is -2.21. The molecule has 144 valence electrons. The highest BCUT2D eigenvalue weighted by atomic mass is 35.5. The predicted octanol–water partition coefficient (Wildman–Crippen LogP) is 2.67. The van der Waals surface area contributed by atoms with E-state index >= 15 is 0 Å². The van der Waals surface area contributed by atoms with E-state index in [1.807, 2.05) is 30.3 Å². The van der Waals surface area contributed by atoms with Crippen LogP contribution in [0.2, 0.25) is 0 Å². The van der Waals surface area contributed by atoms with Gasteiger partial charge >= 0.3 is 6.03 Å².